The molecule has 94 valence electrons. The molecule has 1 aromatic carbocycles. The van der Waals surface area contributed by atoms with Crippen LogP contribution in [-0.4, -0.2) is 17.4 Å². The SMILES string of the molecule is O=C(CNc1ccccc1)NCc1csc(=O)[nH]1. The summed E-state index contributed by atoms with van der Waals surface area (Å²) in [4.78, 5) is 24.9. The van der Waals surface area contributed by atoms with Gasteiger partial charge in [0.1, 0.15) is 0 Å². The van der Waals surface area contributed by atoms with Gasteiger partial charge >= 0.3 is 4.87 Å². The second-order valence-electron chi connectivity index (χ2n) is 3.67. The molecule has 6 heteroatoms. The van der Waals surface area contributed by atoms with Crippen LogP contribution in [0.5, 0.6) is 0 Å². The number of carbonyl (C=O) groups excluding carboxylic acids is 1. The molecule has 0 aliphatic rings. The average Bonchev–Trinajstić information content (AvgIpc) is 2.81. The first-order chi connectivity index (χ1) is 8.74. The molecule has 0 radical (unpaired) electrons. The minimum atomic E-state index is -0.120. The van der Waals surface area contributed by atoms with Crippen molar-refractivity contribution in [2.24, 2.45) is 0 Å². The Morgan fingerprint density at radius 2 is 2.06 bits per heavy atom. The monoisotopic (exact) mass is 263 g/mol. The fraction of sp³-hybridized carbons (Fsp3) is 0.167. The molecule has 0 saturated heterocycles. The number of rotatable bonds is 5. The van der Waals surface area contributed by atoms with Gasteiger partial charge in [0.2, 0.25) is 5.91 Å². The second-order valence-corrected chi connectivity index (χ2v) is 4.51. The topological polar surface area (TPSA) is 74.0 Å². The summed E-state index contributed by atoms with van der Waals surface area (Å²) < 4.78 is 0. The number of thiazole rings is 1. The fourth-order valence-electron chi connectivity index (χ4n) is 1.40. The molecule has 1 aromatic heterocycles. The van der Waals surface area contributed by atoms with Crippen LogP contribution in [0.2, 0.25) is 0 Å². The van der Waals surface area contributed by atoms with Crippen LogP contribution in [0.15, 0.2) is 40.5 Å². The molecule has 0 unspecified atom stereocenters. The maximum Gasteiger partial charge on any atom is 0.304 e. The van der Waals surface area contributed by atoms with Crippen LogP contribution in [0, 0.1) is 0 Å². The van der Waals surface area contributed by atoms with Crippen molar-refractivity contribution in [2.75, 3.05) is 11.9 Å². The standard InChI is InChI=1S/C12H13N3O2S/c16-11(7-13-9-4-2-1-3-5-9)14-6-10-8-18-12(17)15-10/h1-5,8,13H,6-7H2,(H,14,16)(H,15,17). The van der Waals surface area contributed by atoms with Gasteiger partial charge in [0.05, 0.1) is 13.1 Å². The number of aromatic amines is 1. The Morgan fingerprint density at radius 3 is 2.72 bits per heavy atom. The molecule has 1 heterocycles. The van der Waals surface area contributed by atoms with Crippen molar-refractivity contribution >= 4 is 22.9 Å². The summed E-state index contributed by atoms with van der Waals surface area (Å²) in [5.41, 5.74) is 1.62. The number of para-hydroxylation sites is 1. The predicted molar refractivity (Wildman–Crippen MR) is 71.7 cm³/mol. The van der Waals surface area contributed by atoms with Gasteiger partial charge in [-0.2, -0.15) is 0 Å². The lowest BCUT2D eigenvalue weighted by Gasteiger charge is -2.06. The van der Waals surface area contributed by atoms with Crippen molar-refractivity contribution in [1.82, 2.24) is 10.3 Å². The third-order valence-corrected chi connectivity index (χ3v) is 2.99. The van der Waals surface area contributed by atoms with Crippen molar-refractivity contribution in [3.05, 3.63) is 51.1 Å². The Kier molecular flexibility index (Phi) is 4.14. The number of nitrogens with one attached hydrogen (secondary N) is 3. The summed E-state index contributed by atoms with van der Waals surface area (Å²) in [7, 11) is 0. The number of hydrogen-bond acceptors (Lipinski definition) is 4. The Hall–Kier alpha value is -2.08. The van der Waals surface area contributed by atoms with Gasteiger partial charge in [-0.3, -0.25) is 9.59 Å². The van der Waals surface area contributed by atoms with E-state index in [1.807, 2.05) is 30.3 Å². The number of benzene rings is 1. The number of carbonyl (C=O) groups is 1. The highest BCUT2D eigenvalue weighted by Gasteiger charge is 2.02. The van der Waals surface area contributed by atoms with Gasteiger partial charge in [-0.05, 0) is 12.1 Å². The Balaban J connectivity index is 1.74. The van der Waals surface area contributed by atoms with Crippen molar-refractivity contribution < 1.29 is 4.79 Å². The Bertz CT molecular complexity index is 562. The summed E-state index contributed by atoms with van der Waals surface area (Å²) >= 11 is 1.09. The van der Waals surface area contributed by atoms with Crippen LogP contribution >= 0.6 is 11.3 Å². The van der Waals surface area contributed by atoms with E-state index in [9.17, 15) is 9.59 Å². The molecule has 1 amide bonds. The highest BCUT2D eigenvalue weighted by atomic mass is 32.1. The first-order valence-electron chi connectivity index (χ1n) is 5.46. The molecule has 0 aliphatic carbocycles. The molecule has 5 nitrogen and oxygen atoms in total. The van der Waals surface area contributed by atoms with Crippen molar-refractivity contribution in [1.29, 1.82) is 0 Å². The molecule has 0 aliphatic heterocycles. The fourth-order valence-corrected chi connectivity index (χ4v) is 1.98. The molecule has 2 rings (SSSR count). The third kappa shape index (κ3) is 3.74. The number of H-pyrrole nitrogens is 1. The van der Waals surface area contributed by atoms with Crippen LogP contribution in [0.4, 0.5) is 5.69 Å². The normalized spacial score (nSPS) is 10.0. The van der Waals surface area contributed by atoms with Crippen LogP contribution in [-0.2, 0) is 11.3 Å². The van der Waals surface area contributed by atoms with Crippen molar-refractivity contribution in [3.8, 4) is 0 Å². The van der Waals surface area contributed by atoms with Crippen molar-refractivity contribution in [2.45, 2.75) is 6.54 Å². The minimum absolute atomic E-state index is 0.110. The largest absolute Gasteiger partial charge is 0.376 e. The van der Waals surface area contributed by atoms with Gasteiger partial charge in [0, 0.05) is 16.8 Å². The summed E-state index contributed by atoms with van der Waals surface area (Å²) in [5, 5.41) is 7.42. The molecule has 18 heavy (non-hydrogen) atoms. The van der Waals surface area contributed by atoms with E-state index in [-0.39, 0.29) is 17.3 Å². The van der Waals surface area contributed by atoms with Crippen LogP contribution < -0.4 is 15.5 Å². The second kappa shape index (κ2) is 6.02. The zero-order chi connectivity index (χ0) is 12.8. The summed E-state index contributed by atoms with van der Waals surface area (Å²) in [5.74, 6) is -0.120. The highest BCUT2D eigenvalue weighted by molar-refractivity contribution is 7.07. The zero-order valence-corrected chi connectivity index (χ0v) is 10.4. The number of aromatic nitrogens is 1. The van der Waals surface area contributed by atoms with E-state index in [0.29, 0.717) is 6.54 Å². The summed E-state index contributed by atoms with van der Waals surface area (Å²) in [6.45, 7) is 0.548. The first-order valence-corrected chi connectivity index (χ1v) is 6.34. The highest BCUT2D eigenvalue weighted by Crippen LogP contribution is 2.03. The molecule has 3 N–H and O–H groups in total. The molecule has 2 aromatic rings. The Labute approximate surface area is 108 Å². The molecular weight excluding hydrogens is 250 g/mol. The molecule has 0 fully saturated rings. The summed E-state index contributed by atoms with van der Waals surface area (Å²) in [6, 6.07) is 9.50. The van der Waals surface area contributed by atoms with E-state index in [1.54, 1.807) is 5.38 Å². The van der Waals surface area contributed by atoms with E-state index >= 15 is 0 Å². The molecule has 0 spiro atoms. The van der Waals surface area contributed by atoms with E-state index in [4.69, 9.17) is 0 Å². The van der Waals surface area contributed by atoms with Gasteiger partial charge < -0.3 is 15.6 Å². The van der Waals surface area contributed by atoms with Gasteiger partial charge in [0.25, 0.3) is 0 Å². The van der Waals surface area contributed by atoms with Crippen molar-refractivity contribution in [3.63, 3.8) is 0 Å². The lowest BCUT2D eigenvalue weighted by atomic mass is 10.3. The van der Waals surface area contributed by atoms with Gasteiger partial charge in [-0.1, -0.05) is 29.5 Å². The molecule has 0 atom stereocenters. The first kappa shape index (κ1) is 12.4. The molecule has 0 saturated carbocycles. The van der Waals surface area contributed by atoms with E-state index < -0.39 is 0 Å². The Morgan fingerprint density at radius 1 is 1.28 bits per heavy atom. The lowest BCUT2D eigenvalue weighted by Crippen LogP contribution is -2.29. The maximum atomic E-state index is 11.5. The summed E-state index contributed by atoms with van der Waals surface area (Å²) in [6.07, 6.45) is 0. The maximum absolute atomic E-state index is 11.5. The molecule has 0 bridgehead atoms. The van der Waals surface area contributed by atoms with Crippen LogP contribution in [0.1, 0.15) is 5.69 Å². The quantitative estimate of drug-likeness (QED) is 0.758. The van der Waals surface area contributed by atoms with E-state index in [0.717, 1.165) is 22.7 Å². The van der Waals surface area contributed by atoms with E-state index in [2.05, 4.69) is 15.6 Å². The average molecular weight is 263 g/mol. The third-order valence-electron chi connectivity index (χ3n) is 2.27. The van der Waals surface area contributed by atoms with Gasteiger partial charge in [-0.15, -0.1) is 0 Å². The smallest absolute Gasteiger partial charge is 0.304 e. The van der Waals surface area contributed by atoms with Crippen LogP contribution in [0.3, 0.4) is 0 Å². The van der Waals surface area contributed by atoms with Crippen LogP contribution in [0.25, 0.3) is 0 Å². The van der Waals surface area contributed by atoms with E-state index in [1.165, 1.54) is 0 Å². The number of hydrogen-bond donors (Lipinski definition) is 3. The zero-order valence-electron chi connectivity index (χ0n) is 9.60. The lowest BCUT2D eigenvalue weighted by molar-refractivity contribution is -0.119. The minimum Gasteiger partial charge on any atom is -0.376 e. The van der Waals surface area contributed by atoms with Gasteiger partial charge in [-0.25, -0.2) is 0 Å². The predicted octanol–water partition coefficient (Wildman–Crippen LogP) is 1.16. The number of amides is 1. The molecular formula is C12H13N3O2S. The number of anilines is 1. The van der Waals surface area contributed by atoms with Gasteiger partial charge in [0.15, 0.2) is 0 Å².